The molecule has 9 aromatic carbocycles. The molecule has 55 heavy (non-hydrogen) atoms. The van der Waals surface area contributed by atoms with Crippen molar-refractivity contribution in [2.24, 2.45) is 0 Å². The minimum Gasteiger partial charge on any atom is -0.456 e. The molecule has 0 fully saturated rings. The number of hydrogen-bond acceptors (Lipinski definition) is 2. The average Bonchev–Trinajstić information content (AvgIpc) is 3.80. The molecule has 0 N–H and O–H groups in total. The third-order valence-electron chi connectivity index (χ3n) is 11.0. The van der Waals surface area contributed by atoms with Crippen molar-refractivity contribution in [3.05, 3.63) is 206 Å². The second kappa shape index (κ2) is 12.6. The number of nitrogens with zero attached hydrogens (tertiary/aromatic N) is 2. The molecule has 2 aromatic heterocycles. The van der Waals surface area contributed by atoms with Gasteiger partial charge >= 0.3 is 0 Å². The van der Waals surface area contributed by atoms with Crippen molar-refractivity contribution in [3.8, 4) is 27.9 Å². The fourth-order valence-electron chi connectivity index (χ4n) is 8.44. The molecule has 3 nitrogen and oxygen atoms in total. The highest BCUT2D eigenvalue weighted by Crippen LogP contribution is 2.44. The molecular formula is C52H34N2O. The highest BCUT2D eigenvalue weighted by Gasteiger charge is 2.20. The number of benzene rings is 9. The maximum atomic E-state index is 6.24. The normalized spacial score (nSPS) is 11.6. The Bertz CT molecular complexity index is 3190. The zero-order valence-electron chi connectivity index (χ0n) is 29.9. The molecule has 0 saturated carbocycles. The lowest BCUT2D eigenvalue weighted by atomic mass is 9.99. The molecule has 11 aromatic rings. The SMILES string of the molecule is c1ccc(-c2ccccc2N(c2ccc(-c3ccc4c(c3)c3c5ccccc5ccc3n4-c3ccccc3)cc2)c2ccc3oc4ccccc4c3c2)cc1. The molecule has 0 spiro atoms. The number of para-hydroxylation sites is 3. The van der Waals surface area contributed by atoms with E-state index in [0.717, 1.165) is 50.3 Å². The fourth-order valence-corrected chi connectivity index (χ4v) is 8.44. The van der Waals surface area contributed by atoms with Crippen LogP contribution in [0.15, 0.2) is 211 Å². The first-order valence-corrected chi connectivity index (χ1v) is 18.8. The van der Waals surface area contributed by atoms with Gasteiger partial charge in [0.25, 0.3) is 0 Å². The standard InChI is InChI=1S/C52H34N2O/c1-3-13-36(14-4-1)42-18-9-11-21-47(42)53(41-29-32-51-45(34-41)44-20-10-12-22-50(44)55-51)40-27-23-35(24-28-40)38-26-30-48-46(33-38)52-43-19-8-7-15-37(43)25-31-49(52)54(48)39-16-5-2-6-17-39/h1-34H. The molecule has 258 valence electrons. The zero-order valence-corrected chi connectivity index (χ0v) is 29.9. The summed E-state index contributed by atoms with van der Waals surface area (Å²) in [5.41, 5.74) is 13.3. The molecule has 0 aliphatic heterocycles. The second-order valence-corrected chi connectivity index (χ2v) is 14.1. The summed E-state index contributed by atoms with van der Waals surface area (Å²) in [6.07, 6.45) is 0. The summed E-state index contributed by atoms with van der Waals surface area (Å²) in [6.45, 7) is 0. The van der Waals surface area contributed by atoms with Crippen LogP contribution in [0.2, 0.25) is 0 Å². The van der Waals surface area contributed by atoms with Gasteiger partial charge in [-0.2, -0.15) is 0 Å². The molecule has 11 rings (SSSR count). The Hall–Kier alpha value is -7.36. The van der Waals surface area contributed by atoms with Crippen LogP contribution in [0, 0.1) is 0 Å². The van der Waals surface area contributed by atoms with Crippen molar-refractivity contribution < 1.29 is 4.42 Å². The molecule has 0 amide bonds. The second-order valence-electron chi connectivity index (χ2n) is 14.1. The molecule has 0 aliphatic rings. The first kappa shape index (κ1) is 31.2. The summed E-state index contributed by atoms with van der Waals surface area (Å²) >= 11 is 0. The molecule has 2 heterocycles. The van der Waals surface area contributed by atoms with Crippen LogP contribution in [0.25, 0.3) is 82.5 Å². The van der Waals surface area contributed by atoms with E-state index in [4.69, 9.17) is 4.42 Å². The highest BCUT2D eigenvalue weighted by molar-refractivity contribution is 6.22. The minimum absolute atomic E-state index is 0.883. The Labute approximate surface area is 318 Å². The summed E-state index contributed by atoms with van der Waals surface area (Å²) in [7, 11) is 0. The van der Waals surface area contributed by atoms with Gasteiger partial charge in [-0.05, 0) is 100 Å². The smallest absolute Gasteiger partial charge is 0.135 e. The highest BCUT2D eigenvalue weighted by atomic mass is 16.3. The van der Waals surface area contributed by atoms with Crippen LogP contribution >= 0.6 is 0 Å². The van der Waals surface area contributed by atoms with Gasteiger partial charge in [0.1, 0.15) is 11.2 Å². The van der Waals surface area contributed by atoms with Crippen LogP contribution in [-0.2, 0) is 0 Å². The molecule has 3 heteroatoms. The maximum Gasteiger partial charge on any atom is 0.135 e. The van der Waals surface area contributed by atoms with Crippen LogP contribution < -0.4 is 4.90 Å². The van der Waals surface area contributed by atoms with Crippen LogP contribution in [0.5, 0.6) is 0 Å². The average molecular weight is 703 g/mol. The van der Waals surface area contributed by atoms with Gasteiger partial charge in [-0.15, -0.1) is 0 Å². The largest absolute Gasteiger partial charge is 0.456 e. The van der Waals surface area contributed by atoms with Gasteiger partial charge in [0.15, 0.2) is 0 Å². The van der Waals surface area contributed by atoms with Gasteiger partial charge in [-0.3, -0.25) is 0 Å². The van der Waals surface area contributed by atoms with Gasteiger partial charge in [0, 0.05) is 44.2 Å². The predicted octanol–water partition coefficient (Wildman–Crippen LogP) is 14.6. The Kier molecular flexibility index (Phi) is 7.17. The van der Waals surface area contributed by atoms with Crippen molar-refractivity contribution in [2.45, 2.75) is 0 Å². The molecule has 0 saturated heterocycles. The van der Waals surface area contributed by atoms with Gasteiger partial charge in [0.2, 0.25) is 0 Å². The summed E-state index contributed by atoms with van der Waals surface area (Å²) in [5.74, 6) is 0. The third kappa shape index (κ3) is 5.13. The molecule has 0 radical (unpaired) electrons. The zero-order chi connectivity index (χ0) is 36.3. The maximum absolute atomic E-state index is 6.24. The van der Waals surface area contributed by atoms with Crippen molar-refractivity contribution in [2.75, 3.05) is 4.90 Å². The van der Waals surface area contributed by atoms with Crippen molar-refractivity contribution in [3.63, 3.8) is 0 Å². The molecule has 0 unspecified atom stereocenters. The number of aromatic nitrogens is 1. The van der Waals surface area contributed by atoms with Crippen molar-refractivity contribution in [1.29, 1.82) is 0 Å². The summed E-state index contributed by atoms with van der Waals surface area (Å²) in [4.78, 5) is 2.37. The van der Waals surface area contributed by atoms with Gasteiger partial charge in [0.05, 0.1) is 16.7 Å². The monoisotopic (exact) mass is 702 g/mol. The topological polar surface area (TPSA) is 21.3 Å². The van der Waals surface area contributed by atoms with E-state index in [9.17, 15) is 0 Å². The number of rotatable bonds is 6. The van der Waals surface area contributed by atoms with E-state index < -0.39 is 0 Å². The molecule has 0 bridgehead atoms. The van der Waals surface area contributed by atoms with E-state index in [2.05, 4.69) is 204 Å². The number of fused-ring (bicyclic) bond motifs is 8. The van der Waals surface area contributed by atoms with Crippen LogP contribution in [0.3, 0.4) is 0 Å². The first-order chi connectivity index (χ1) is 27.3. The van der Waals surface area contributed by atoms with Crippen LogP contribution in [0.4, 0.5) is 17.1 Å². The van der Waals surface area contributed by atoms with Gasteiger partial charge < -0.3 is 13.9 Å². The summed E-state index contributed by atoms with van der Waals surface area (Å²) < 4.78 is 8.64. The van der Waals surface area contributed by atoms with E-state index in [-0.39, 0.29) is 0 Å². The van der Waals surface area contributed by atoms with Crippen molar-refractivity contribution >= 4 is 71.6 Å². The number of furan rings is 1. The predicted molar refractivity (Wildman–Crippen MR) is 231 cm³/mol. The Morgan fingerprint density at radius 3 is 1.89 bits per heavy atom. The van der Waals surface area contributed by atoms with E-state index >= 15 is 0 Å². The third-order valence-corrected chi connectivity index (χ3v) is 11.0. The lowest BCUT2D eigenvalue weighted by Gasteiger charge is -2.28. The fraction of sp³-hybridized carbons (Fsp3) is 0. The number of hydrogen-bond donors (Lipinski definition) is 0. The molecule has 0 aliphatic carbocycles. The quantitative estimate of drug-likeness (QED) is 0.172. The van der Waals surface area contributed by atoms with E-state index in [1.807, 2.05) is 12.1 Å². The Balaban J connectivity index is 1.08. The molecule has 0 atom stereocenters. The Morgan fingerprint density at radius 1 is 0.382 bits per heavy atom. The van der Waals surface area contributed by atoms with Gasteiger partial charge in [-0.25, -0.2) is 0 Å². The minimum atomic E-state index is 0.883. The van der Waals surface area contributed by atoms with Crippen LogP contribution in [0.1, 0.15) is 0 Å². The summed E-state index contributed by atoms with van der Waals surface area (Å²) in [5, 5.41) is 7.25. The Morgan fingerprint density at radius 2 is 1.04 bits per heavy atom. The molecular weight excluding hydrogens is 669 g/mol. The summed E-state index contributed by atoms with van der Waals surface area (Å²) in [6, 6.07) is 74.0. The van der Waals surface area contributed by atoms with E-state index in [1.54, 1.807) is 0 Å². The van der Waals surface area contributed by atoms with E-state index in [0.29, 0.717) is 0 Å². The first-order valence-electron chi connectivity index (χ1n) is 18.8. The van der Waals surface area contributed by atoms with Crippen LogP contribution in [-0.4, -0.2) is 4.57 Å². The van der Waals surface area contributed by atoms with Gasteiger partial charge in [-0.1, -0.05) is 133 Å². The lowest BCUT2D eigenvalue weighted by Crippen LogP contribution is -2.11. The van der Waals surface area contributed by atoms with Crippen molar-refractivity contribution in [1.82, 2.24) is 4.57 Å². The lowest BCUT2D eigenvalue weighted by molar-refractivity contribution is 0.669. The van der Waals surface area contributed by atoms with E-state index in [1.165, 1.54) is 49.3 Å². The number of anilines is 3.